The van der Waals surface area contributed by atoms with E-state index in [2.05, 4.69) is 9.97 Å². The summed E-state index contributed by atoms with van der Waals surface area (Å²) in [7, 11) is 0. The predicted molar refractivity (Wildman–Crippen MR) is 105 cm³/mol. The molecule has 3 fully saturated rings. The van der Waals surface area contributed by atoms with Gasteiger partial charge in [-0.3, -0.25) is 9.59 Å². The van der Waals surface area contributed by atoms with Gasteiger partial charge in [0.15, 0.2) is 11.5 Å². The number of amides is 2. The van der Waals surface area contributed by atoms with E-state index in [1.807, 2.05) is 59.5 Å². The van der Waals surface area contributed by atoms with Crippen LogP contribution < -0.4 is 0 Å². The highest BCUT2D eigenvalue weighted by Gasteiger charge is 2.65. The van der Waals surface area contributed by atoms with Crippen LogP contribution in [-0.4, -0.2) is 56.5 Å². The Balaban J connectivity index is 1.33. The monoisotopic (exact) mass is 388 g/mol. The highest BCUT2D eigenvalue weighted by Crippen LogP contribution is 2.51. The minimum absolute atomic E-state index is 0.0449. The average Bonchev–Trinajstić information content (AvgIpc) is 3.48. The first-order chi connectivity index (χ1) is 14.2. The number of aromatic amines is 1. The molecule has 4 heterocycles. The molecule has 1 spiro atoms. The van der Waals surface area contributed by atoms with Crippen LogP contribution in [0.3, 0.4) is 0 Å². The molecule has 7 nitrogen and oxygen atoms in total. The Morgan fingerprint density at radius 3 is 2.76 bits per heavy atom. The zero-order chi connectivity index (χ0) is 19.6. The van der Waals surface area contributed by atoms with Gasteiger partial charge < -0.3 is 19.5 Å². The van der Waals surface area contributed by atoms with Crippen LogP contribution >= 0.6 is 0 Å². The first kappa shape index (κ1) is 16.7. The zero-order valence-electron chi connectivity index (χ0n) is 15.7. The Morgan fingerprint density at radius 1 is 1.14 bits per heavy atom. The van der Waals surface area contributed by atoms with Gasteiger partial charge in [-0.05, 0) is 17.7 Å². The fraction of sp³-hybridized carbons (Fsp3) is 0.318. The standard InChI is InChI=1S/C22H20N4O3/c27-19-12-18-22(26(19)17(13-29-22)14-6-2-1-3-7-14)10-11-25(18)21(28)20-23-15-8-4-5-9-16(15)24-20/h1-9,17-18H,10-13H2,(H,23,24)/t17-,18+,22-/m0/s1. The molecule has 0 bridgehead atoms. The van der Waals surface area contributed by atoms with Crippen molar-refractivity contribution in [2.75, 3.05) is 13.2 Å². The van der Waals surface area contributed by atoms with Crippen molar-refractivity contribution in [1.82, 2.24) is 19.8 Å². The molecule has 0 aliphatic carbocycles. The summed E-state index contributed by atoms with van der Waals surface area (Å²) in [6, 6.07) is 17.2. The largest absolute Gasteiger partial charge is 0.351 e. The summed E-state index contributed by atoms with van der Waals surface area (Å²) in [5.74, 6) is 0.180. The number of nitrogens with zero attached hydrogens (tertiary/aromatic N) is 3. The maximum absolute atomic E-state index is 13.2. The number of H-pyrrole nitrogens is 1. The summed E-state index contributed by atoms with van der Waals surface area (Å²) in [5, 5.41) is 0. The Labute approximate surface area is 167 Å². The first-order valence-electron chi connectivity index (χ1n) is 9.94. The average molecular weight is 388 g/mol. The molecule has 6 rings (SSSR count). The summed E-state index contributed by atoms with van der Waals surface area (Å²) in [6.07, 6.45) is 0.911. The van der Waals surface area contributed by atoms with Gasteiger partial charge in [0.1, 0.15) is 0 Å². The van der Waals surface area contributed by atoms with E-state index in [9.17, 15) is 9.59 Å². The van der Waals surface area contributed by atoms with E-state index in [0.717, 1.165) is 16.6 Å². The second kappa shape index (κ2) is 5.90. The minimum atomic E-state index is -0.723. The number of ether oxygens (including phenoxy) is 1. The predicted octanol–water partition coefficient (Wildman–Crippen LogP) is 2.48. The van der Waals surface area contributed by atoms with Crippen LogP contribution in [0.15, 0.2) is 54.6 Å². The first-order valence-corrected chi connectivity index (χ1v) is 9.94. The van der Waals surface area contributed by atoms with Gasteiger partial charge in [-0.25, -0.2) is 4.98 Å². The molecule has 146 valence electrons. The number of imidazole rings is 1. The lowest BCUT2D eigenvalue weighted by molar-refractivity contribution is -0.138. The maximum Gasteiger partial charge on any atom is 0.290 e. The molecule has 1 aromatic heterocycles. The molecule has 1 N–H and O–H groups in total. The molecule has 2 amide bonds. The van der Waals surface area contributed by atoms with Gasteiger partial charge >= 0.3 is 0 Å². The number of carbonyl (C=O) groups is 2. The number of fused-ring (bicyclic) bond motifs is 1. The molecule has 0 saturated carbocycles. The molecular weight excluding hydrogens is 368 g/mol. The molecule has 2 aromatic carbocycles. The van der Waals surface area contributed by atoms with Crippen LogP contribution in [0.5, 0.6) is 0 Å². The van der Waals surface area contributed by atoms with Gasteiger partial charge in [0.2, 0.25) is 5.91 Å². The number of carbonyl (C=O) groups excluding carboxylic acids is 2. The lowest BCUT2D eigenvalue weighted by Crippen LogP contribution is -2.49. The van der Waals surface area contributed by atoms with Gasteiger partial charge in [0.05, 0.1) is 36.1 Å². The van der Waals surface area contributed by atoms with Crippen LogP contribution in [0.1, 0.15) is 35.1 Å². The van der Waals surface area contributed by atoms with E-state index < -0.39 is 5.72 Å². The van der Waals surface area contributed by atoms with E-state index in [1.54, 1.807) is 4.90 Å². The van der Waals surface area contributed by atoms with Crippen molar-refractivity contribution in [3.8, 4) is 0 Å². The van der Waals surface area contributed by atoms with Crippen molar-refractivity contribution in [3.63, 3.8) is 0 Å². The molecule has 29 heavy (non-hydrogen) atoms. The molecule has 7 heteroatoms. The lowest BCUT2D eigenvalue weighted by Gasteiger charge is -2.33. The third kappa shape index (κ3) is 2.25. The quantitative estimate of drug-likeness (QED) is 0.732. The second-order valence-corrected chi connectivity index (χ2v) is 7.92. The fourth-order valence-corrected chi connectivity index (χ4v) is 5.20. The van der Waals surface area contributed by atoms with Gasteiger partial charge in [0.25, 0.3) is 5.91 Å². The van der Waals surface area contributed by atoms with E-state index >= 15 is 0 Å². The SMILES string of the molecule is O=C(c1nc2ccccc2[nH]1)N1CC[C@@]23OC[C@@H](c4ccccc4)N2C(=O)C[C@@H]13. The summed E-state index contributed by atoms with van der Waals surface area (Å²) in [5.41, 5.74) is 1.94. The number of rotatable bonds is 2. The molecule has 3 aliphatic rings. The smallest absolute Gasteiger partial charge is 0.290 e. The zero-order valence-corrected chi connectivity index (χ0v) is 15.7. The van der Waals surface area contributed by atoms with Gasteiger partial charge in [-0.15, -0.1) is 0 Å². The van der Waals surface area contributed by atoms with Gasteiger partial charge in [0, 0.05) is 13.0 Å². The molecule has 3 atom stereocenters. The van der Waals surface area contributed by atoms with Crippen molar-refractivity contribution < 1.29 is 14.3 Å². The second-order valence-electron chi connectivity index (χ2n) is 7.92. The minimum Gasteiger partial charge on any atom is -0.351 e. The molecule has 3 aromatic rings. The number of benzene rings is 2. The van der Waals surface area contributed by atoms with Crippen molar-refractivity contribution in [3.05, 3.63) is 66.0 Å². The summed E-state index contributed by atoms with van der Waals surface area (Å²) >= 11 is 0. The Bertz CT molecular complexity index is 1090. The number of nitrogens with one attached hydrogen (secondary N) is 1. The maximum atomic E-state index is 13.2. The van der Waals surface area contributed by atoms with Gasteiger partial charge in [-0.1, -0.05) is 42.5 Å². The van der Waals surface area contributed by atoms with Crippen molar-refractivity contribution >= 4 is 22.8 Å². The van der Waals surface area contributed by atoms with Crippen molar-refractivity contribution in [2.45, 2.75) is 30.7 Å². The number of likely N-dealkylation sites (tertiary alicyclic amines) is 1. The van der Waals surface area contributed by atoms with E-state index in [0.29, 0.717) is 25.4 Å². The summed E-state index contributed by atoms with van der Waals surface area (Å²) in [6.45, 7) is 1.00. The van der Waals surface area contributed by atoms with Crippen molar-refractivity contribution in [2.24, 2.45) is 0 Å². The van der Waals surface area contributed by atoms with Crippen LogP contribution in [-0.2, 0) is 9.53 Å². The Morgan fingerprint density at radius 2 is 1.93 bits per heavy atom. The third-order valence-electron chi connectivity index (χ3n) is 6.49. The van der Waals surface area contributed by atoms with Crippen LogP contribution in [0.2, 0.25) is 0 Å². The fourth-order valence-electron chi connectivity index (χ4n) is 5.20. The number of hydrogen-bond donors (Lipinski definition) is 1. The normalized spacial score (nSPS) is 28.2. The Hall–Kier alpha value is -3.19. The number of aromatic nitrogens is 2. The van der Waals surface area contributed by atoms with E-state index in [4.69, 9.17) is 4.74 Å². The Kier molecular flexibility index (Phi) is 3.41. The topological polar surface area (TPSA) is 78.5 Å². The van der Waals surface area contributed by atoms with Gasteiger partial charge in [-0.2, -0.15) is 0 Å². The van der Waals surface area contributed by atoms with E-state index in [1.165, 1.54) is 0 Å². The summed E-state index contributed by atoms with van der Waals surface area (Å²) < 4.78 is 6.28. The third-order valence-corrected chi connectivity index (χ3v) is 6.49. The molecular formula is C22H20N4O3. The molecule has 3 aliphatic heterocycles. The summed E-state index contributed by atoms with van der Waals surface area (Å²) in [4.78, 5) is 37.4. The molecule has 3 saturated heterocycles. The number of para-hydroxylation sites is 2. The van der Waals surface area contributed by atoms with Crippen LogP contribution in [0.4, 0.5) is 0 Å². The highest BCUT2D eigenvalue weighted by molar-refractivity contribution is 5.95. The van der Waals surface area contributed by atoms with Crippen molar-refractivity contribution in [1.29, 1.82) is 0 Å². The lowest BCUT2D eigenvalue weighted by atomic mass is 10.0. The van der Waals surface area contributed by atoms with Crippen LogP contribution in [0.25, 0.3) is 11.0 Å². The number of hydrogen-bond acceptors (Lipinski definition) is 4. The van der Waals surface area contributed by atoms with E-state index in [-0.39, 0.29) is 30.3 Å². The highest BCUT2D eigenvalue weighted by atomic mass is 16.5. The molecule has 0 radical (unpaired) electrons. The van der Waals surface area contributed by atoms with Crippen LogP contribution in [0, 0.1) is 0 Å². The molecule has 0 unspecified atom stereocenters.